The predicted molar refractivity (Wildman–Crippen MR) is 101 cm³/mol. The molecule has 1 saturated carbocycles. The summed E-state index contributed by atoms with van der Waals surface area (Å²) in [6.45, 7) is -0.266. The molecule has 1 amide bonds. The highest BCUT2D eigenvalue weighted by atomic mass is 35.5. The standard InChI is InChI=1S/C21H16ClF3N2O2/c22-14-6-7-17-16(11-14)20(21(23,24)25,9-8-13-4-5-13)18(19(28)27-17)29-12-15-3-1-2-10-26-15/h1-3,6-7,10-11,13,18H,4-5,12H2,(H,27,28)/t18-,20+/m0/s1. The molecule has 150 valence electrons. The van der Waals surface area contributed by atoms with Crippen LogP contribution < -0.4 is 5.32 Å². The number of benzene rings is 1. The lowest BCUT2D eigenvalue weighted by Gasteiger charge is -2.41. The second-order valence-electron chi connectivity index (χ2n) is 7.04. The maximum Gasteiger partial charge on any atom is 0.412 e. The van der Waals surface area contributed by atoms with E-state index in [9.17, 15) is 18.0 Å². The fraction of sp³-hybridized carbons (Fsp3) is 0.333. The molecule has 29 heavy (non-hydrogen) atoms. The summed E-state index contributed by atoms with van der Waals surface area (Å²) in [5.41, 5.74) is -2.60. The van der Waals surface area contributed by atoms with Crippen molar-refractivity contribution in [3.63, 3.8) is 0 Å². The monoisotopic (exact) mass is 420 g/mol. The second-order valence-corrected chi connectivity index (χ2v) is 7.48. The van der Waals surface area contributed by atoms with Gasteiger partial charge >= 0.3 is 6.18 Å². The van der Waals surface area contributed by atoms with Crippen LogP contribution in [0.1, 0.15) is 24.1 Å². The highest BCUT2D eigenvalue weighted by Crippen LogP contribution is 2.50. The number of carbonyl (C=O) groups excluding carboxylic acids is 1. The van der Waals surface area contributed by atoms with E-state index in [0.29, 0.717) is 5.69 Å². The summed E-state index contributed by atoms with van der Waals surface area (Å²) in [5.74, 6) is 4.09. The van der Waals surface area contributed by atoms with Gasteiger partial charge in [-0.15, -0.1) is 0 Å². The van der Waals surface area contributed by atoms with Gasteiger partial charge in [-0.25, -0.2) is 0 Å². The lowest BCUT2D eigenvalue weighted by molar-refractivity contribution is -0.208. The quantitative estimate of drug-likeness (QED) is 0.744. The fourth-order valence-electron chi connectivity index (χ4n) is 3.29. The Hall–Kier alpha value is -2.56. The van der Waals surface area contributed by atoms with Crippen molar-refractivity contribution in [2.24, 2.45) is 5.92 Å². The molecule has 1 aliphatic carbocycles. The second kappa shape index (κ2) is 7.36. The Balaban J connectivity index is 1.84. The average molecular weight is 421 g/mol. The number of nitrogens with zero attached hydrogens (tertiary/aromatic N) is 1. The van der Waals surface area contributed by atoms with Crippen LogP contribution in [0.4, 0.5) is 18.9 Å². The molecule has 2 aliphatic rings. The van der Waals surface area contributed by atoms with Crippen molar-refractivity contribution in [1.29, 1.82) is 0 Å². The number of aromatic nitrogens is 1. The topological polar surface area (TPSA) is 51.2 Å². The van der Waals surface area contributed by atoms with Crippen molar-refractivity contribution < 1.29 is 22.7 Å². The number of alkyl halides is 3. The number of pyridine rings is 1. The molecule has 0 unspecified atom stereocenters. The summed E-state index contributed by atoms with van der Waals surface area (Å²) >= 11 is 6.01. The molecule has 1 aromatic carbocycles. The van der Waals surface area contributed by atoms with E-state index in [1.54, 1.807) is 18.2 Å². The molecule has 0 saturated heterocycles. The van der Waals surface area contributed by atoms with E-state index in [0.717, 1.165) is 12.8 Å². The average Bonchev–Trinajstić information content (AvgIpc) is 3.50. The Morgan fingerprint density at radius 3 is 2.72 bits per heavy atom. The maximum atomic E-state index is 14.6. The lowest BCUT2D eigenvalue weighted by Crippen LogP contribution is -2.59. The van der Waals surface area contributed by atoms with Crippen LogP contribution in [0.15, 0.2) is 42.6 Å². The SMILES string of the molecule is O=C1Nc2ccc(Cl)cc2[C@@](C#CC2CC2)(C(F)(F)F)[C@H]1OCc1ccccn1. The molecule has 1 fully saturated rings. The molecule has 4 rings (SSSR count). The number of halogens is 4. The third kappa shape index (κ3) is 3.70. The van der Waals surface area contributed by atoms with Crippen molar-refractivity contribution in [1.82, 2.24) is 4.98 Å². The number of carbonyl (C=O) groups is 1. The highest BCUT2D eigenvalue weighted by Gasteiger charge is 2.65. The van der Waals surface area contributed by atoms with Gasteiger partial charge < -0.3 is 10.1 Å². The van der Waals surface area contributed by atoms with Gasteiger partial charge in [-0.2, -0.15) is 13.2 Å². The van der Waals surface area contributed by atoms with Crippen molar-refractivity contribution in [2.45, 2.75) is 37.1 Å². The zero-order valence-electron chi connectivity index (χ0n) is 15.1. The summed E-state index contributed by atoms with van der Waals surface area (Å²) in [6, 6.07) is 8.94. The van der Waals surface area contributed by atoms with E-state index in [-0.39, 0.29) is 28.8 Å². The van der Waals surface area contributed by atoms with E-state index in [1.807, 2.05) is 0 Å². The molecule has 1 N–H and O–H groups in total. The normalized spacial score (nSPS) is 23.6. The zero-order chi connectivity index (χ0) is 20.6. The Bertz CT molecular complexity index is 996. The predicted octanol–water partition coefficient (Wildman–Crippen LogP) is 4.49. The van der Waals surface area contributed by atoms with Crippen LogP contribution >= 0.6 is 11.6 Å². The summed E-state index contributed by atoms with van der Waals surface area (Å²) in [4.78, 5) is 16.8. The van der Waals surface area contributed by atoms with Gasteiger partial charge in [-0.1, -0.05) is 29.5 Å². The summed E-state index contributed by atoms with van der Waals surface area (Å²) in [5, 5.41) is 2.61. The van der Waals surface area contributed by atoms with E-state index >= 15 is 0 Å². The van der Waals surface area contributed by atoms with E-state index in [1.165, 1.54) is 24.4 Å². The number of fused-ring (bicyclic) bond motifs is 1. The highest BCUT2D eigenvalue weighted by molar-refractivity contribution is 6.30. The molecular formula is C21H16ClF3N2O2. The third-order valence-corrected chi connectivity index (χ3v) is 5.15. The molecule has 2 atom stereocenters. The van der Waals surface area contributed by atoms with Gasteiger partial charge in [0.25, 0.3) is 5.91 Å². The van der Waals surface area contributed by atoms with Gasteiger partial charge in [0, 0.05) is 28.4 Å². The van der Waals surface area contributed by atoms with E-state index in [4.69, 9.17) is 16.3 Å². The van der Waals surface area contributed by atoms with Gasteiger partial charge in [0.2, 0.25) is 0 Å². The molecule has 2 heterocycles. The Morgan fingerprint density at radius 2 is 2.07 bits per heavy atom. The Labute approximate surface area is 170 Å². The van der Waals surface area contributed by atoms with Gasteiger partial charge in [0.05, 0.1) is 12.3 Å². The number of rotatable bonds is 3. The molecular weight excluding hydrogens is 405 g/mol. The maximum absolute atomic E-state index is 14.6. The number of nitrogens with one attached hydrogen (secondary N) is 1. The first-order chi connectivity index (χ1) is 13.8. The van der Waals surface area contributed by atoms with Crippen LogP contribution in [0.25, 0.3) is 0 Å². The summed E-state index contributed by atoms with van der Waals surface area (Å²) in [7, 11) is 0. The number of hydrogen-bond donors (Lipinski definition) is 1. The van der Waals surface area contributed by atoms with Crippen LogP contribution in [-0.4, -0.2) is 23.2 Å². The smallest absolute Gasteiger partial charge is 0.360 e. The minimum atomic E-state index is -4.87. The van der Waals surface area contributed by atoms with Crippen LogP contribution in [0.5, 0.6) is 0 Å². The van der Waals surface area contributed by atoms with Crippen molar-refractivity contribution in [3.8, 4) is 11.8 Å². The fourth-order valence-corrected chi connectivity index (χ4v) is 3.46. The first-order valence-electron chi connectivity index (χ1n) is 9.03. The summed E-state index contributed by atoms with van der Waals surface area (Å²) < 4.78 is 49.4. The molecule has 1 aliphatic heterocycles. The molecule has 4 nitrogen and oxygen atoms in total. The first kappa shape index (κ1) is 19.7. The van der Waals surface area contributed by atoms with Crippen LogP contribution in [0, 0.1) is 17.8 Å². The first-order valence-corrected chi connectivity index (χ1v) is 9.41. The van der Waals surface area contributed by atoms with Gasteiger partial charge in [0.15, 0.2) is 11.5 Å². The number of hydrogen-bond acceptors (Lipinski definition) is 3. The van der Waals surface area contributed by atoms with Gasteiger partial charge in [-0.05, 0) is 43.2 Å². The number of amides is 1. The number of ether oxygens (including phenoxy) is 1. The molecule has 1 aromatic heterocycles. The third-order valence-electron chi connectivity index (χ3n) is 4.92. The zero-order valence-corrected chi connectivity index (χ0v) is 15.8. The Kier molecular flexibility index (Phi) is 5.01. The molecule has 2 aromatic rings. The van der Waals surface area contributed by atoms with E-state index in [2.05, 4.69) is 22.1 Å². The van der Waals surface area contributed by atoms with Crippen molar-refractivity contribution in [2.75, 3.05) is 5.32 Å². The molecule has 0 bridgehead atoms. The molecule has 0 spiro atoms. The van der Waals surface area contributed by atoms with Gasteiger partial charge in [-0.3, -0.25) is 9.78 Å². The van der Waals surface area contributed by atoms with Crippen molar-refractivity contribution in [3.05, 3.63) is 58.9 Å². The van der Waals surface area contributed by atoms with Crippen molar-refractivity contribution >= 4 is 23.2 Å². The largest absolute Gasteiger partial charge is 0.412 e. The van der Waals surface area contributed by atoms with Crippen LogP contribution in [0.2, 0.25) is 5.02 Å². The summed E-state index contributed by atoms with van der Waals surface area (Å²) in [6.07, 6.45) is -3.79. The van der Waals surface area contributed by atoms with Crippen LogP contribution in [0.3, 0.4) is 0 Å². The minimum Gasteiger partial charge on any atom is -0.360 e. The number of anilines is 1. The molecule has 0 radical (unpaired) electrons. The minimum absolute atomic E-state index is 0.0273. The lowest BCUT2D eigenvalue weighted by atomic mass is 9.71. The van der Waals surface area contributed by atoms with Crippen LogP contribution in [-0.2, 0) is 21.6 Å². The van der Waals surface area contributed by atoms with E-state index < -0.39 is 23.6 Å². The van der Waals surface area contributed by atoms with Gasteiger partial charge in [0.1, 0.15) is 0 Å². The molecule has 8 heteroatoms. The Morgan fingerprint density at radius 1 is 1.28 bits per heavy atom.